The van der Waals surface area contributed by atoms with E-state index in [-0.39, 0.29) is 11.6 Å². The molecule has 7 nitrogen and oxygen atoms in total. The Morgan fingerprint density at radius 3 is 2.42 bits per heavy atom. The first-order chi connectivity index (χ1) is 11.5. The van der Waals surface area contributed by atoms with Crippen LogP contribution in [0, 0.1) is 10.1 Å². The highest BCUT2D eigenvalue weighted by molar-refractivity contribution is 6.30. The van der Waals surface area contributed by atoms with Crippen molar-refractivity contribution >= 4 is 35.1 Å². The summed E-state index contributed by atoms with van der Waals surface area (Å²) in [7, 11) is 0. The molecule has 1 amide bonds. The van der Waals surface area contributed by atoms with Gasteiger partial charge < -0.3 is 5.32 Å². The molecule has 0 fully saturated rings. The fourth-order valence-electron chi connectivity index (χ4n) is 1.81. The minimum Gasteiger partial charge on any atom is -0.374 e. The molecule has 124 valence electrons. The van der Waals surface area contributed by atoms with Gasteiger partial charge in [0.2, 0.25) is 0 Å². The van der Waals surface area contributed by atoms with Crippen LogP contribution >= 0.6 is 11.6 Å². The van der Waals surface area contributed by atoms with Crippen molar-refractivity contribution in [3.8, 4) is 0 Å². The number of hydrazone groups is 1. The Labute approximate surface area is 143 Å². The van der Waals surface area contributed by atoms with E-state index in [2.05, 4.69) is 15.8 Å². The number of carbonyl (C=O) groups is 1. The molecule has 1 atom stereocenters. The van der Waals surface area contributed by atoms with E-state index in [1.54, 1.807) is 43.3 Å². The van der Waals surface area contributed by atoms with Crippen LogP contribution in [0.2, 0.25) is 5.02 Å². The van der Waals surface area contributed by atoms with Gasteiger partial charge in [-0.1, -0.05) is 11.6 Å². The van der Waals surface area contributed by atoms with Crippen molar-refractivity contribution in [2.75, 3.05) is 5.32 Å². The number of non-ortho nitro benzene ring substituents is 1. The topological polar surface area (TPSA) is 96.6 Å². The van der Waals surface area contributed by atoms with E-state index >= 15 is 0 Å². The van der Waals surface area contributed by atoms with Crippen LogP contribution in [0.3, 0.4) is 0 Å². The molecule has 0 aromatic heterocycles. The van der Waals surface area contributed by atoms with Gasteiger partial charge in [-0.3, -0.25) is 14.9 Å². The molecule has 0 saturated heterocycles. The van der Waals surface area contributed by atoms with Crippen LogP contribution in [0.5, 0.6) is 0 Å². The highest BCUT2D eigenvalue weighted by Crippen LogP contribution is 2.14. The SMILES string of the molecule is C[C@H](Nc1ccc(Cl)cc1)C(=O)N/N=C\c1ccc([N+](=O)[O-])cc1. The Kier molecular flexibility index (Phi) is 5.86. The summed E-state index contributed by atoms with van der Waals surface area (Å²) in [6.07, 6.45) is 1.41. The molecule has 2 aromatic rings. The Bertz CT molecular complexity index is 745. The summed E-state index contributed by atoms with van der Waals surface area (Å²) in [4.78, 5) is 22.0. The number of nitrogens with zero attached hydrogens (tertiary/aromatic N) is 2. The molecule has 2 rings (SSSR count). The number of hydrogen-bond acceptors (Lipinski definition) is 5. The van der Waals surface area contributed by atoms with Crippen LogP contribution < -0.4 is 10.7 Å². The average Bonchev–Trinajstić information content (AvgIpc) is 2.57. The molecular weight excluding hydrogens is 332 g/mol. The predicted molar refractivity (Wildman–Crippen MR) is 93.4 cm³/mol. The Hall–Kier alpha value is -2.93. The maximum Gasteiger partial charge on any atom is 0.269 e. The number of nitro benzene ring substituents is 1. The Morgan fingerprint density at radius 2 is 1.83 bits per heavy atom. The molecule has 0 unspecified atom stereocenters. The van der Waals surface area contributed by atoms with E-state index < -0.39 is 11.0 Å². The lowest BCUT2D eigenvalue weighted by Gasteiger charge is -2.13. The first kappa shape index (κ1) is 17.4. The molecule has 0 spiro atoms. The average molecular weight is 347 g/mol. The van der Waals surface area contributed by atoms with Gasteiger partial charge in [0.05, 0.1) is 11.1 Å². The van der Waals surface area contributed by atoms with Crippen LogP contribution in [-0.4, -0.2) is 23.1 Å². The fourth-order valence-corrected chi connectivity index (χ4v) is 1.94. The van der Waals surface area contributed by atoms with Crippen molar-refractivity contribution in [1.29, 1.82) is 0 Å². The fraction of sp³-hybridized carbons (Fsp3) is 0.125. The van der Waals surface area contributed by atoms with E-state index in [1.807, 2.05) is 0 Å². The van der Waals surface area contributed by atoms with Gasteiger partial charge in [-0.2, -0.15) is 5.10 Å². The van der Waals surface area contributed by atoms with Crippen LogP contribution in [0.15, 0.2) is 53.6 Å². The van der Waals surface area contributed by atoms with E-state index in [4.69, 9.17) is 11.6 Å². The molecule has 0 heterocycles. The summed E-state index contributed by atoms with van der Waals surface area (Å²) in [5, 5.41) is 18.0. The van der Waals surface area contributed by atoms with E-state index in [1.165, 1.54) is 18.3 Å². The van der Waals surface area contributed by atoms with Crippen molar-refractivity contribution in [2.45, 2.75) is 13.0 Å². The normalized spacial score (nSPS) is 11.9. The molecule has 24 heavy (non-hydrogen) atoms. The quantitative estimate of drug-likeness (QED) is 0.477. The predicted octanol–water partition coefficient (Wildman–Crippen LogP) is 3.20. The zero-order chi connectivity index (χ0) is 17.5. The summed E-state index contributed by atoms with van der Waals surface area (Å²) in [5.74, 6) is -0.317. The monoisotopic (exact) mass is 346 g/mol. The zero-order valence-electron chi connectivity index (χ0n) is 12.8. The second-order valence-electron chi connectivity index (χ2n) is 4.96. The standard InChI is InChI=1S/C16H15ClN4O3/c1-11(19-14-6-4-13(17)5-7-14)16(22)20-18-10-12-2-8-15(9-3-12)21(23)24/h2-11,19H,1H3,(H,20,22)/b18-10-/t11-/m0/s1. The zero-order valence-corrected chi connectivity index (χ0v) is 13.5. The van der Waals surface area contributed by atoms with Crippen LogP contribution in [0.25, 0.3) is 0 Å². The van der Waals surface area contributed by atoms with Crippen molar-refractivity contribution in [1.82, 2.24) is 5.43 Å². The number of rotatable bonds is 6. The molecule has 0 aliphatic rings. The van der Waals surface area contributed by atoms with E-state index in [9.17, 15) is 14.9 Å². The summed E-state index contributed by atoms with van der Waals surface area (Å²) < 4.78 is 0. The van der Waals surface area contributed by atoms with Crippen molar-refractivity contribution in [3.05, 3.63) is 69.2 Å². The smallest absolute Gasteiger partial charge is 0.269 e. The van der Waals surface area contributed by atoms with Crippen LogP contribution in [0.1, 0.15) is 12.5 Å². The third kappa shape index (κ3) is 5.06. The second kappa shape index (κ2) is 8.07. The number of nitrogens with one attached hydrogen (secondary N) is 2. The van der Waals surface area contributed by atoms with Gasteiger partial charge >= 0.3 is 0 Å². The number of hydrogen-bond donors (Lipinski definition) is 2. The Balaban J connectivity index is 1.87. The van der Waals surface area contributed by atoms with Crippen molar-refractivity contribution in [2.24, 2.45) is 5.10 Å². The summed E-state index contributed by atoms with van der Waals surface area (Å²) in [6.45, 7) is 1.70. The molecule has 0 aliphatic heterocycles. The largest absolute Gasteiger partial charge is 0.374 e. The molecular formula is C16H15ClN4O3. The van der Waals surface area contributed by atoms with Crippen molar-refractivity contribution in [3.63, 3.8) is 0 Å². The first-order valence-electron chi connectivity index (χ1n) is 7.05. The first-order valence-corrected chi connectivity index (χ1v) is 7.43. The molecule has 0 radical (unpaired) electrons. The highest BCUT2D eigenvalue weighted by Gasteiger charge is 2.11. The lowest BCUT2D eigenvalue weighted by molar-refractivity contribution is -0.384. The van der Waals surface area contributed by atoms with E-state index in [0.29, 0.717) is 10.6 Å². The summed E-state index contributed by atoms with van der Waals surface area (Å²) in [6, 6.07) is 12.3. The maximum atomic E-state index is 11.9. The molecule has 2 N–H and O–H groups in total. The van der Waals surface area contributed by atoms with Gasteiger partial charge in [0.25, 0.3) is 11.6 Å². The van der Waals surface area contributed by atoms with Crippen molar-refractivity contribution < 1.29 is 9.72 Å². The summed E-state index contributed by atoms with van der Waals surface area (Å²) >= 11 is 5.80. The molecule has 0 saturated carbocycles. The van der Waals surface area contributed by atoms with Crippen LogP contribution in [-0.2, 0) is 4.79 Å². The maximum absolute atomic E-state index is 11.9. The molecule has 2 aromatic carbocycles. The number of carbonyl (C=O) groups excluding carboxylic acids is 1. The third-order valence-electron chi connectivity index (χ3n) is 3.11. The minimum atomic E-state index is -0.500. The van der Waals surface area contributed by atoms with Gasteiger partial charge in [-0.15, -0.1) is 0 Å². The Morgan fingerprint density at radius 1 is 1.21 bits per heavy atom. The lowest BCUT2D eigenvalue weighted by Crippen LogP contribution is -2.34. The minimum absolute atomic E-state index is 0.00280. The lowest BCUT2D eigenvalue weighted by atomic mass is 10.2. The third-order valence-corrected chi connectivity index (χ3v) is 3.36. The van der Waals surface area contributed by atoms with Gasteiger partial charge in [-0.05, 0) is 48.9 Å². The van der Waals surface area contributed by atoms with Gasteiger partial charge in [0, 0.05) is 22.8 Å². The number of anilines is 1. The summed E-state index contributed by atoms with van der Waals surface area (Å²) in [5.41, 5.74) is 3.81. The van der Waals surface area contributed by atoms with Gasteiger partial charge in [-0.25, -0.2) is 5.43 Å². The van der Waals surface area contributed by atoms with Crippen LogP contribution in [0.4, 0.5) is 11.4 Å². The van der Waals surface area contributed by atoms with E-state index in [0.717, 1.165) is 5.69 Å². The number of benzene rings is 2. The number of halogens is 1. The number of amides is 1. The van der Waals surface area contributed by atoms with Gasteiger partial charge in [0.15, 0.2) is 0 Å². The number of nitro groups is 1. The molecule has 0 bridgehead atoms. The highest BCUT2D eigenvalue weighted by atomic mass is 35.5. The second-order valence-corrected chi connectivity index (χ2v) is 5.39. The van der Waals surface area contributed by atoms with Gasteiger partial charge in [0.1, 0.15) is 6.04 Å². The molecule has 8 heteroatoms. The molecule has 0 aliphatic carbocycles.